The summed E-state index contributed by atoms with van der Waals surface area (Å²) in [6.07, 6.45) is 3.77. The van der Waals surface area contributed by atoms with Gasteiger partial charge in [0.2, 0.25) is 11.8 Å². The van der Waals surface area contributed by atoms with Crippen LogP contribution in [-0.4, -0.2) is 78.2 Å². The van der Waals surface area contributed by atoms with Gasteiger partial charge in [-0.3, -0.25) is 9.59 Å². The van der Waals surface area contributed by atoms with Gasteiger partial charge in [0.25, 0.3) is 0 Å². The van der Waals surface area contributed by atoms with Crippen molar-refractivity contribution in [3.63, 3.8) is 0 Å². The van der Waals surface area contributed by atoms with Crippen LogP contribution in [0.15, 0.2) is 36.4 Å². The Labute approximate surface area is 208 Å². The Kier molecular flexibility index (Phi) is 8.21. The van der Waals surface area contributed by atoms with Crippen LogP contribution in [0.5, 0.6) is 5.75 Å². The van der Waals surface area contributed by atoms with Crippen molar-refractivity contribution in [2.45, 2.75) is 39.5 Å². The van der Waals surface area contributed by atoms with Crippen LogP contribution in [0.1, 0.15) is 39.5 Å². The lowest BCUT2D eigenvalue weighted by molar-refractivity contribution is -0.141. The van der Waals surface area contributed by atoms with E-state index in [4.69, 9.17) is 4.74 Å². The molecule has 2 fully saturated rings. The van der Waals surface area contributed by atoms with Gasteiger partial charge in [-0.25, -0.2) is 0 Å². The van der Waals surface area contributed by atoms with Gasteiger partial charge in [-0.2, -0.15) is 0 Å². The number of carbonyl (C=O) groups excluding carboxylic acids is 2. The van der Waals surface area contributed by atoms with Crippen molar-refractivity contribution in [2.75, 3.05) is 51.3 Å². The zero-order chi connectivity index (χ0) is 24.8. The standard InChI is InChI=1S/C27H37N5O3/c1-4-20(2)18-32(27(34)22-6-7-22)19-26(33)31-15-5-14-30(16-17-31)25-13-12-24(28-29-25)21-8-10-23(35-3)11-9-21/h8-13,20,22H,4-7,14-19H2,1-3H3/t20-/m1/s1. The Morgan fingerprint density at radius 2 is 1.83 bits per heavy atom. The molecule has 1 aromatic heterocycles. The number of amides is 2. The molecule has 1 atom stereocenters. The maximum atomic E-state index is 13.1. The van der Waals surface area contributed by atoms with Gasteiger partial charge >= 0.3 is 0 Å². The quantitative estimate of drug-likeness (QED) is 0.548. The lowest BCUT2D eigenvalue weighted by atomic mass is 10.1. The average molecular weight is 480 g/mol. The second-order valence-corrected chi connectivity index (χ2v) is 9.73. The number of hydrogen-bond donors (Lipinski definition) is 0. The Bertz CT molecular complexity index is 991. The summed E-state index contributed by atoms with van der Waals surface area (Å²) in [5.74, 6) is 2.35. The number of nitrogens with zero attached hydrogens (tertiary/aromatic N) is 5. The lowest BCUT2D eigenvalue weighted by Gasteiger charge is -2.29. The largest absolute Gasteiger partial charge is 0.497 e. The fourth-order valence-electron chi connectivity index (χ4n) is 4.40. The molecule has 1 aliphatic heterocycles. The number of anilines is 1. The van der Waals surface area contributed by atoms with E-state index in [0.29, 0.717) is 32.1 Å². The van der Waals surface area contributed by atoms with Crippen LogP contribution in [0.2, 0.25) is 0 Å². The summed E-state index contributed by atoms with van der Waals surface area (Å²) in [4.78, 5) is 31.8. The minimum atomic E-state index is 0.0464. The van der Waals surface area contributed by atoms with Gasteiger partial charge in [-0.1, -0.05) is 20.3 Å². The van der Waals surface area contributed by atoms with Crippen LogP contribution in [0.3, 0.4) is 0 Å². The molecule has 35 heavy (non-hydrogen) atoms. The average Bonchev–Trinajstić information content (AvgIpc) is 3.75. The summed E-state index contributed by atoms with van der Waals surface area (Å²) in [6, 6.07) is 11.7. The monoisotopic (exact) mass is 479 g/mol. The molecular formula is C27H37N5O3. The van der Waals surface area contributed by atoms with E-state index < -0.39 is 0 Å². The Balaban J connectivity index is 1.34. The first-order chi connectivity index (χ1) is 17.0. The highest BCUT2D eigenvalue weighted by atomic mass is 16.5. The zero-order valence-electron chi connectivity index (χ0n) is 21.2. The lowest BCUT2D eigenvalue weighted by Crippen LogP contribution is -2.46. The first-order valence-corrected chi connectivity index (χ1v) is 12.8. The van der Waals surface area contributed by atoms with Gasteiger partial charge in [0.05, 0.1) is 19.3 Å². The highest BCUT2D eigenvalue weighted by molar-refractivity contribution is 5.87. The maximum Gasteiger partial charge on any atom is 0.242 e. The number of aromatic nitrogens is 2. The van der Waals surface area contributed by atoms with E-state index in [1.807, 2.05) is 41.3 Å². The minimum absolute atomic E-state index is 0.0464. The molecule has 8 nitrogen and oxygen atoms in total. The third-order valence-corrected chi connectivity index (χ3v) is 7.00. The molecule has 188 valence electrons. The molecule has 2 heterocycles. The molecule has 4 rings (SSSR count). The molecule has 1 saturated heterocycles. The summed E-state index contributed by atoms with van der Waals surface area (Å²) in [5, 5.41) is 8.89. The van der Waals surface area contributed by atoms with Crippen LogP contribution in [0, 0.1) is 11.8 Å². The molecule has 0 unspecified atom stereocenters. The number of carbonyl (C=O) groups is 2. The second kappa shape index (κ2) is 11.5. The van der Waals surface area contributed by atoms with Crippen molar-refractivity contribution in [2.24, 2.45) is 11.8 Å². The molecule has 1 saturated carbocycles. The molecule has 2 aliphatic rings. The molecule has 0 spiro atoms. The molecule has 0 N–H and O–H groups in total. The molecule has 1 aromatic carbocycles. The van der Waals surface area contributed by atoms with Crippen molar-refractivity contribution in [3.05, 3.63) is 36.4 Å². The summed E-state index contributed by atoms with van der Waals surface area (Å²) < 4.78 is 5.22. The van der Waals surface area contributed by atoms with E-state index >= 15 is 0 Å². The smallest absolute Gasteiger partial charge is 0.242 e. The Morgan fingerprint density at radius 1 is 1.06 bits per heavy atom. The van der Waals surface area contributed by atoms with Gasteiger partial charge in [0, 0.05) is 44.2 Å². The van der Waals surface area contributed by atoms with E-state index in [1.54, 1.807) is 12.0 Å². The maximum absolute atomic E-state index is 13.1. The van der Waals surface area contributed by atoms with Crippen molar-refractivity contribution >= 4 is 17.6 Å². The molecule has 2 amide bonds. The van der Waals surface area contributed by atoms with Crippen molar-refractivity contribution < 1.29 is 14.3 Å². The molecule has 8 heteroatoms. The fraction of sp³-hybridized carbons (Fsp3) is 0.556. The number of hydrogen-bond acceptors (Lipinski definition) is 6. The first kappa shape index (κ1) is 24.9. The van der Waals surface area contributed by atoms with Gasteiger partial charge in [0.1, 0.15) is 5.75 Å². The SMILES string of the molecule is CC[C@@H](C)CN(CC(=O)N1CCCN(c2ccc(-c3ccc(OC)cc3)nn2)CC1)C(=O)C1CC1. The number of benzene rings is 1. The number of methoxy groups -OCH3 is 1. The predicted octanol–water partition coefficient (Wildman–Crippen LogP) is 3.48. The van der Waals surface area contributed by atoms with Crippen molar-refractivity contribution in [1.29, 1.82) is 0 Å². The van der Waals surface area contributed by atoms with Gasteiger partial charge in [-0.05, 0) is 61.6 Å². The van der Waals surface area contributed by atoms with Crippen LogP contribution in [0.4, 0.5) is 5.82 Å². The van der Waals surface area contributed by atoms with E-state index in [9.17, 15) is 9.59 Å². The second-order valence-electron chi connectivity index (χ2n) is 9.73. The molecule has 0 bridgehead atoms. The van der Waals surface area contributed by atoms with Crippen molar-refractivity contribution in [1.82, 2.24) is 20.0 Å². The van der Waals surface area contributed by atoms with Gasteiger partial charge < -0.3 is 19.4 Å². The molecule has 1 aliphatic carbocycles. The molecule has 2 aromatic rings. The van der Waals surface area contributed by atoms with E-state index in [1.165, 1.54) is 0 Å². The highest BCUT2D eigenvalue weighted by Crippen LogP contribution is 2.31. The van der Waals surface area contributed by atoms with E-state index in [0.717, 1.165) is 55.1 Å². The summed E-state index contributed by atoms with van der Waals surface area (Å²) in [5.41, 5.74) is 1.80. The predicted molar refractivity (Wildman–Crippen MR) is 136 cm³/mol. The zero-order valence-corrected chi connectivity index (χ0v) is 21.2. The fourth-order valence-corrected chi connectivity index (χ4v) is 4.40. The minimum Gasteiger partial charge on any atom is -0.497 e. The Hall–Kier alpha value is -3.16. The third kappa shape index (κ3) is 6.50. The van der Waals surface area contributed by atoms with Crippen LogP contribution < -0.4 is 9.64 Å². The normalized spacial score (nSPS) is 17.0. The van der Waals surface area contributed by atoms with Crippen molar-refractivity contribution in [3.8, 4) is 17.0 Å². The van der Waals surface area contributed by atoms with Crippen LogP contribution >= 0.6 is 0 Å². The summed E-state index contributed by atoms with van der Waals surface area (Å²) in [6.45, 7) is 7.95. The number of rotatable bonds is 9. The summed E-state index contributed by atoms with van der Waals surface area (Å²) >= 11 is 0. The highest BCUT2D eigenvalue weighted by Gasteiger charge is 2.35. The molecule has 0 radical (unpaired) electrons. The Morgan fingerprint density at radius 3 is 2.46 bits per heavy atom. The van der Waals surface area contributed by atoms with E-state index in [2.05, 4.69) is 28.9 Å². The molecular weight excluding hydrogens is 442 g/mol. The van der Waals surface area contributed by atoms with Gasteiger partial charge in [0.15, 0.2) is 5.82 Å². The third-order valence-electron chi connectivity index (χ3n) is 7.00. The summed E-state index contributed by atoms with van der Waals surface area (Å²) in [7, 11) is 1.65. The topological polar surface area (TPSA) is 78.9 Å². The number of ether oxygens (including phenoxy) is 1. The van der Waals surface area contributed by atoms with Crippen LogP contribution in [-0.2, 0) is 9.59 Å². The van der Waals surface area contributed by atoms with Gasteiger partial charge in [-0.15, -0.1) is 10.2 Å². The van der Waals surface area contributed by atoms with E-state index in [-0.39, 0.29) is 24.3 Å². The first-order valence-electron chi connectivity index (χ1n) is 12.8. The van der Waals surface area contributed by atoms with Crippen LogP contribution in [0.25, 0.3) is 11.3 Å².